The Kier molecular flexibility index (Phi) is 6.64. The molecule has 0 aromatic heterocycles. The molecule has 0 N–H and O–H groups in total. The molecule has 1 fully saturated rings. The number of fused-ring (bicyclic) bond motifs is 1. The second-order valence-corrected chi connectivity index (χ2v) is 7.18. The van der Waals surface area contributed by atoms with Crippen LogP contribution in [0.5, 0.6) is 0 Å². The molecule has 0 saturated carbocycles. The topological polar surface area (TPSA) is 91.4 Å². The third-order valence-corrected chi connectivity index (χ3v) is 4.03. The summed E-state index contributed by atoms with van der Waals surface area (Å²) in [5.74, 6) is -1.56. The fourth-order valence-electron chi connectivity index (χ4n) is 2.94. The molecular formula is C19H27NO7. The number of hydroxylamine groups is 2. The predicted octanol–water partition coefficient (Wildman–Crippen LogP) is 2.54. The van der Waals surface area contributed by atoms with Crippen molar-refractivity contribution in [1.29, 1.82) is 0 Å². The molecule has 150 valence electrons. The van der Waals surface area contributed by atoms with Gasteiger partial charge in [-0.1, -0.05) is 6.08 Å². The van der Waals surface area contributed by atoms with Gasteiger partial charge in [-0.25, -0.2) is 14.4 Å². The Morgan fingerprint density at radius 3 is 2.37 bits per heavy atom. The van der Waals surface area contributed by atoms with E-state index in [-0.39, 0.29) is 43.9 Å². The van der Waals surface area contributed by atoms with Crippen LogP contribution in [-0.4, -0.2) is 55.1 Å². The first-order valence-corrected chi connectivity index (χ1v) is 9.07. The number of carbonyl (C=O) groups excluding carboxylic acids is 3. The minimum atomic E-state index is -0.648. The Morgan fingerprint density at radius 1 is 1.15 bits per heavy atom. The predicted molar refractivity (Wildman–Crippen MR) is 95.4 cm³/mol. The van der Waals surface area contributed by atoms with E-state index in [9.17, 15) is 14.4 Å². The van der Waals surface area contributed by atoms with Crippen LogP contribution >= 0.6 is 0 Å². The summed E-state index contributed by atoms with van der Waals surface area (Å²) in [6, 6.07) is 0. The molecular weight excluding hydrogens is 354 g/mol. The number of allylic oxidation sites excluding steroid dienone is 1. The van der Waals surface area contributed by atoms with Crippen molar-refractivity contribution < 1.29 is 33.4 Å². The molecule has 0 spiro atoms. The van der Waals surface area contributed by atoms with Crippen LogP contribution in [0.15, 0.2) is 22.8 Å². The van der Waals surface area contributed by atoms with E-state index in [0.29, 0.717) is 0 Å². The lowest BCUT2D eigenvalue weighted by Crippen LogP contribution is -2.45. The zero-order chi connectivity index (χ0) is 20.2. The summed E-state index contributed by atoms with van der Waals surface area (Å²) in [5, 5.41) is 1.13. The van der Waals surface area contributed by atoms with Crippen LogP contribution in [0.4, 0.5) is 4.79 Å². The molecule has 1 heterocycles. The Morgan fingerprint density at radius 2 is 1.78 bits per heavy atom. The second-order valence-electron chi connectivity index (χ2n) is 7.18. The lowest BCUT2D eigenvalue weighted by atomic mass is 9.81. The highest BCUT2D eigenvalue weighted by Crippen LogP contribution is 2.36. The van der Waals surface area contributed by atoms with Gasteiger partial charge in [-0.2, -0.15) is 5.06 Å². The summed E-state index contributed by atoms with van der Waals surface area (Å²) in [7, 11) is 0. The Balaban J connectivity index is 2.23. The Labute approximate surface area is 159 Å². The maximum absolute atomic E-state index is 12.5. The van der Waals surface area contributed by atoms with Crippen molar-refractivity contribution in [3.05, 3.63) is 22.8 Å². The molecule has 1 saturated heterocycles. The number of carbonyl (C=O) groups is 3. The number of hydrogen-bond acceptors (Lipinski definition) is 7. The SMILES string of the molecule is CCOC(=O)C1=C(C(=O)OCC)C2CON(C(=O)OC(C)(C)C)CC2=CC1. The van der Waals surface area contributed by atoms with Crippen molar-refractivity contribution in [2.24, 2.45) is 5.92 Å². The van der Waals surface area contributed by atoms with E-state index in [2.05, 4.69) is 0 Å². The molecule has 27 heavy (non-hydrogen) atoms. The number of nitrogens with zero attached hydrogens (tertiary/aromatic N) is 1. The van der Waals surface area contributed by atoms with E-state index in [1.807, 2.05) is 6.08 Å². The molecule has 0 bridgehead atoms. The van der Waals surface area contributed by atoms with E-state index in [1.165, 1.54) is 0 Å². The van der Waals surface area contributed by atoms with Gasteiger partial charge in [0.2, 0.25) is 0 Å². The van der Waals surface area contributed by atoms with Crippen LogP contribution in [0.3, 0.4) is 0 Å². The number of hydrogen-bond donors (Lipinski definition) is 0. The lowest BCUT2D eigenvalue weighted by molar-refractivity contribution is -0.165. The van der Waals surface area contributed by atoms with Crippen LogP contribution < -0.4 is 0 Å². The summed E-state index contributed by atoms with van der Waals surface area (Å²) in [4.78, 5) is 42.5. The molecule has 8 heteroatoms. The molecule has 2 rings (SSSR count). The standard InChI is InChI=1S/C19H27NO7/c1-6-24-16(21)13-9-8-12-10-20(18(23)27-19(3,4)5)26-11-14(12)15(13)17(22)25-7-2/h8,14H,6-7,9-11H2,1-5H3. The van der Waals surface area contributed by atoms with Gasteiger partial charge in [0.1, 0.15) is 5.60 Å². The molecule has 1 aliphatic heterocycles. The highest BCUT2D eigenvalue weighted by Gasteiger charge is 2.40. The van der Waals surface area contributed by atoms with Crippen molar-refractivity contribution in [3.8, 4) is 0 Å². The maximum atomic E-state index is 12.5. The van der Waals surface area contributed by atoms with Gasteiger partial charge < -0.3 is 14.2 Å². The smallest absolute Gasteiger partial charge is 0.434 e. The van der Waals surface area contributed by atoms with Gasteiger partial charge in [-0.05, 0) is 46.6 Å². The monoisotopic (exact) mass is 381 g/mol. The molecule has 1 amide bonds. The lowest BCUT2D eigenvalue weighted by Gasteiger charge is -2.37. The summed E-state index contributed by atoms with van der Waals surface area (Å²) < 4.78 is 15.5. The number of amides is 1. The van der Waals surface area contributed by atoms with Gasteiger partial charge in [-0.3, -0.25) is 4.84 Å². The molecule has 0 aromatic rings. The van der Waals surface area contributed by atoms with Crippen LogP contribution in [0.25, 0.3) is 0 Å². The summed E-state index contributed by atoms with van der Waals surface area (Å²) >= 11 is 0. The normalized spacial score (nSPS) is 19.8. The summed E-state index contributed by atoms with van der Waals surface area (Å²) in [5.41, 5.74) is 0.684. The minimum Gasteiger partial charge on any atom is -0.463 e. The van der Waals surface area contributed by atoms with Gasteiger partial charge in [0.25, 0.3) is 0 Å². The highest BCUT2D eigenvalue weighted by atomic mass is 16.7. The van der Waals surface area contributed by atoms with Gasteiger partial charge in [0, 0.05) is 5.92 Å². The zero-order valence-corrected chi connectivity index (χ0v) is 16.5. The fraction of sp³-hybridized carbons (Fsp3) is 0.632. The average Bonchev–Trinajstić information content (AvgIpc) is 2.59. The van der Waals surface area contributed by atoms with Crippen LogP contribution in [-0.2, 0) is 28.6 Å². The minimum absolute atomic E-state index is 0.0299. The summed E-state index contributed by atoms with van der Waals surface area (Å²) in [6.45, 7) is 9.29. The van der Waals surface area contributed by atoms with Crippen molar-refractivity contribution in [3.63, 3.8) is 0 Å². The Bertz CT molecular complexity index is 672. The quantitative estimate of drug-likeness (QED) is 0.420. The number of ether oxygens (including phenoxy) is 3. The third-order valence-electron chi connectivity index (χ3n) is 4.03. The Hall–Kier alpha value is -2.35. The van der Waals surface area contributed by atoms with Crippen molar-refractivity contribution >= 4 is 18.0 Å². The molecule has 1 unspecified atom stereocenters. The van der Waals surface area contributed by atoms with Gasteiger partial charge in [0.05, 0.1) is 37.5 Å². The van der Waals surface area contributed by atoms with E-state index in [1.54, 1.807) is 34.6 Å². The zero-order valence-electron chi connectivity index (χ0n) is 16.5. The third kappa shape index (κ3) is 5.09. The van der Waals surface area contributed by atoms with Crippen LogP contribution in [0.2, 0.25) is 0 Å². The first kappa shape index (κ1) is 21.0. The molecule has 2 aliphatic rings. The summed E-state index contributed by atoms with van der Waals surface area (Å²) in [6.07, 6.45) is 1.47. The number of esters is 2. The molecule has 1 aliphatic carbocycles. The van der Waals surface area contributed by atoms with E-state index in [0.717, 1.165) is 10.6 Å². The van der Waals surface area contributed by atoms with Crippen molar-refractivity contribution in [2.75, 3.05) is 26.4 Å². The first-order valence-electron chi connectivity index (χ1n) is 9.07. The highest BCUT2D eigenvalue weighted by molar-refractivity contribution is 6.02. The molecule has 0 radical (unpaired) electrons. The largest absolute Gasteiger partial charge is 0.463 e. The van der Waals surface area contributed by atoms with Crippen molar-refractivity contribution in [1.82, 2.24) is 5.06 Å². The van der Waals surface area contributed by atoms with Crippen molar-refractivity contribution in [2.45, 2.75) is 46.6 Å². The second kappa shape index (κ2) is 8.56. The van der Waals surface area contributed by atoms with E-state index < -0.39 is 29.6 Å². The molecule has 8 nitrogen and oxygen atoms in total. The maximum Gasteiger partial charge on any atom is 0.434 e. The van der Waals surface area contributed by atoms with Crippen LogP contribution in [0.1, 0.15) is 41.0 Å². The molecule has 0 aromatic carbocycles. The van der Waals surface area contributed by atoms with Gasteiger partial charge in [0.15, 0.2) is 0 Å². The average molecular weight is 381 g/mol. The van der Waals surface area contributed by atoms with Gasteiger partial charge in [-0.15, -0.1) is 0 Å². The molecule has 1 atom stereocenters. The fourth-order valence-corrected chi connectivity index (χ4v) is 2.94. The van der Waals surface area contributed by atoms with Gasteiger partial charge >= 0.3 is 18.0 Å². The number of rotatable bonds is 4. The van der Waals surface area contributed by atoms with Crippen LogP contribution in [0, 0.1) is 5.92 Å². The first-order chi connectivity index (χ1) is 12.7. The van der Waals surface area contributed by atoms with E-state index in [4.69, 9.17) is 19.0 Å². The van der Waals surface area contributed by atoms with E-state index >= 15 is 0 Å².